The van der Waals surface area contributed by atoms with Crippen molar-refractivity contribution in [3.8, 4) is 5.75 Å². The first-order chi connectivity index (χ1) is 8.56. The molecule has 0 aliphatic heterocycles. The molecule has 2 aromatic rings. The first-order valence-corrected chi connectivity index (χ1v) is 6.02. The van der Waals surface area contributed by atoms with Crippen LogP contribution in [0.2, 0.25) is 5.02 Å². The number of nitrogen functional groups attached to an aromatic ring is 1. The maximum absolute atomic E-state index is 10.5. The number of aromatic nitrogens is 1. The van der Waals surface area contributed by atoms with E-state index in [2.05, 4.69) is 4.98 Å². The SMILES string of the molecule is Nc1ncc(COc2ccc([N+](=O)[O-])cc2Cl)s1. The van der Waals surface area contributed by atoms with E-state index in [4.69, 9.17) is 22.1 Å². The van der Waals surface area contributed by atoms with Gasteiger partial charge in [0, 0.05) is 18.3 Å². The Morgan fingerprint density at radius 2 is 2.33 bits per heavy atom. The minimum Gasteiger partial charge on any atom is -0.486 e. The highest BCUT2D eigenvalue weighted by Crippen LogP contribution is 2.29. The zero-order chi connectivity index (χ0) is 13.1. The molecule has 0 aliphatic rings. The summed E-state index contributed by atoms with van der Waals surface area (Å²) < 4.78 is 5.43. The van der Waals surface area contributed by atoms with E-state index in [-0.39, 0.29) is 17.3 Å². The van der Waals surface area contributed by atoms with Gasteiger partial charge in [-0.25, -0.2) is 4.98 Å². The van der Waals surface area contributed by atoms with Crippen molar-refractivity contribution in [2.45, 2.75) is 6.61 Å². The molecule has 0 amide bonds. The average Bonchev–Trinajstić information content (AvgIpc) is 2.73. The number of ether oxygens (including phenoxy) is 1. The van der Waals surface area contributed by atoms with Crippen molar-refractivity contribution in [3.05, 3.63) is 44.4 Å². The highest BCUT2D eigenvalue weighted by molar-refractivity contribution is 7.15. The van der Waals surface area contributed by atoms with Crippen LogP contribution >= 0.6 is 22.9 Å². The molecule has 94 valence electrons. The number of hydrogen-bond donors (Lipinski definition) is 1. The zero-order valence-electron chi connectivity index (χ0n) is 9.00. The maximum atomic E-state index is 10.5. The molecule has 18 heavy (non-hydrogen) atoms. The van der Waals surface area contributed by atoms with Crippen molar-refractivity contribution in [2.75, 3.05) is 5.73 Å². The van der Waals surface area contributed by atoms with Crippen molar-refractivity contribution in [3.63, 3.8) is 0 Å². The third-order valence-corrected chi connectivity index (χ3v) is 3.16. The number of halogens is 1. The van der Waals surface area contributed by atoms with Gasteiger partial charge in [-0.2, -0.15) is 0 Å². The smallest absolute Gasteiger partial charge is 0.271 e. The van der Waals surface area contributed by atoms with E-state index < -0.39 is 4.92 Å². The predicted molar refractivity (Wildman–Crippen MR) is 69.0 cm³/mol. The van der Waals surface area contributed by atoms with E-state index in [1.807, 2.05) is 0 Å². The van der Waals surface area contributed by atoms with Crippen molar-refractivity contribution in [1.29, 1.82) is 0 Å². The molecular weight excluding hydrogens is 278 g/mol. The van der Waals surface area contributed by atoms with E-state index in [9.17, 15) is 10.1 Å². The highest BCUT2D eigenvalue weighted by Gasteiger charge is 2.10. The van der Waals surface area contributed by atoms with Crippen molar-refractivity contribution in [2.24, 2.45) is 0 Å². The summed E-state index contributed by atoms with van der Waals surface area (Å²) in [6.45, 7) is 0.270. The molecule has 1 aromatic carbocycles. The molecule has 1 aromatic heterocycles. The monoisotopic (exact) mass is 285 g/mol. The lowest BCUT2D eigenvalue weighted by Gasteiger charge is -2.05. The Labute approximate surface area is 111 Å². The summed E-state index contributed by atoms with van der Waals surface area (Å²) in [4.78, 5) is 14.7. The Hall–Kier alpha value is -1.86. The second-order valence-electron chi connectivity index (χ2n) is 3.33. The topological polar surface area (TPSA) is 91.3 Å². The van der Waals surface area contributed by atoms with Gasteiger partial charge in [0.1, 0.15) is 12.4 Å². The van der Waals surface area contributed by atoms with Gasteiger partial charge >= 0.3 is 0 Å². The lowest BCUT2D eigenvalue weighted by Crippen LogP contribution is -1.94. The van der Waals surface area contributed by atoms with Gasteiger partial charge in [0.25, 0.3) is 5.69 Å². The number of nitro groups is 1. The third-order valence-electron chi connectivity index (χ3n) is 2.07. The van der Waals surface area contributed by atoms with Crippen LogP contribution in [0.3, 0.4) is 0 Å². The van der Waals surface area contributed by atoms with Gasteiger partial charge in [-0.05, 0) is 6.07 Å². The summed E-state index contributed by atoms with van der Waals surface area (Å²) in [7, 11) is 0. The number of nitrogens with two attached hydrogens (primary N) is 1. The quantitative estimate of drug-likeness (QED) is 0.689. The molecule has 2 rings (SSSR count). The van der Waals surface area contributed by atoms with Gasteiger partial charge in [0.15, 0.2) is 5.13 Å². The molecule has 0 atom stereocenters. The predicted octanol–water partition coefficient (Wildman–Crippen LogP) is 2.87. The van der Waals surface area contributed by atoms with Gasteiger partial charge in [0.2, 0.25) is 0 Å². The van der Waals surface area contributed by atoms with Crippen LogP contribution in [0.25, 0.3) is 0 Å². The summed E-state index contributed by atoms with van der Waals surface area (Å²) in [6.07, 6.45) is 1.61. The highest BCUT2D eigenvalue weighted by atomic mass is 35.5. The van der Waals surface area contributed by atoms with Gasteiger partial charge < -0.3 is 10.5 Å². The van der Waals surface area contributed by atoms with Crippen LogP contribution in [0.5, 0.6) is 5.75 Å². The summed E-state index contributed by atoms with van der Waals surface area (Å²) in [6, 6.07) is 4.05. The van der Waals surface area contributed by atoms with Crippen molar-refractivity contribution in [1.82, 2.24) is 4.98 Å². The maximum Gasteiger partial charge on any atom is 0.271 e. The van der Waals surface area contributed by atoms with E-state index in [1.165, 1.54) is 29.5 Å². The summed E-state index contributed by atoms with van der Waals surface area (Å²) in [5.74, 6) is 0.384. The Kier molecular flexibility index (Phi) is 3.63. The van der Waals surface area contributed by atoms with Crippen molar-refractivity contribution >= 4 is 33.8 Å². The molecule has 2 N–H and O–H groups in total. The number of anilines is 1. The van der Waals surface area contributed by atoms with Crippen LogP contribution in [0.1, 0.15) is 4.88 Å². The number of nitro benzene ring substituents is 1. The molecular formula is C10H8ClN3O3S. The number of hydrogen-bond acceptors (Lipinski definition) is 6. The largest absolute Gasteiger partial charge is 0.486 e. The molecule has 0 saturated carbocycles. The summed E-state index contributed by atoms with van der Waals surface area (Å²) in [5.41, 5.74) is 5.41. The summed E-state index contributed by atoms with van der Waals surface area (Å²) >= 11 is 7.19. The number of thiazole rings is 1. The number of nitrogens with zero attached hydrogens (tertiary/aromatic N) is 2. The molecule has 1 heterocycles. The van der Waals surface area contributed by atoms with Crippen LogP contribution in [-0.4, -0.2) is 9.91 Å². The lowest BCUT2D eigenvalue weighted by atomic mass is 10.3. The second kappa shape index (κ2) is 5.19. The molecule has 0 saturated heterocycles. The van der Waals surface area contributed by atoms with E-state index in [0.29, 0.717) is 10.9 Å². The number of non-ortho nitro benzene ring substituents is 1. The zero-order valence-corrected chi connectivity index (χ0v) is 10.6. The van der Waals surface area contributed by atoms with Gasteiger partial charge in [-0.3, -0.25) is 10.1 Å². The number of benzene rings is 1. The second-order valence-corrected chi connectivity index (χ2v) is 4.88. The van der Waals surface area contributed by atoms with Gasteiger partial charge in [-0.1, -0.05) is 22.9 Å². The third kappa shape index (κ3) is 2.88. The first-order valence-electron chi connectivity index (χ1n) is 4.83. The normalized spacial score (nSPS) is 10.3. The van der Waals surface area contributed by atoms with Crippen LogP contribution in [-0.2, 0) is 6.61 Å². The first kappa shape index (κ1) is 12.6. The molecule has 0 spiro atoms. The molecule has 0 aliphatic carbocycles. The van der Waals surface area contributed by atoms with Gasteiger partial charge in [0.05, 0.1) is 14.8 Å². The van der Waals surface area contributed by atoms with E-state index in [0.717, 1.165) is 4.88 Å². The lowest BCUT2D eigenvalue weighted by molar-refractivity contribution is -0.384. The Bertz CT molecular complexity index is 587. The molecule has 0 bridgehead atoms. The Morgan fingerprint density at radius 3 is 2.89 bits per heavy atom. The molecule has 0 fully saturated rings. The van der Waals surface area contributed by atoms with Crippen LogP contribution in [0.15, 0.2) is 24.4 Å². The minimum atomic E-state index is -0.514. The Balaban J connectivity index is 2.08. The molecule has 0 radical (unpaired) electrons. The fourth-order valence-electron chi connectivity index (χ4n) is 1.26. The molecule has 0 unspecified atom stereocenters. The van der Waals surface area contributed by atoms with Crippen LogP contribution in [0.4, 0.5) is 10.8 Å². The number of rotatable bonds is 4. The minimum absolute atomic E-state index is 0.0746. The fourth-order valence-corrected chi connectivity index (χ4v) is 2.09. The average molecular weight is 286 g/mol. The van der Waals surface area contributed by atoms with Crippen LogP contribution < -0.4 is 10.5 Å². The van der Waals surface area contributed by atoms with E-state index in [1.54, 1.807) is 6.20 Å². The Morgan fingerprint density at radius 1 is 1.56 bits per heavy atom. The summed E-state index contributed by atoms with van der Waals surface area (Å²) in [5, 5.41) is 11.2. The van der Waals surface area contributed by atoms with Gasteiger partial charge in [-0.15, -0.1) is 0 Å². The van der Waals surface area contributed by atoms with E-state index >= 15 is 0 Å². The molecule has 6 nitrogen and oxygen atoms in total. The van der Waals surface area contributed by atoms with Crippen molar-refractivity contribution < 1.29 is 9.66 Å². The fraction of sp³-hybridized carbons (Fsp3) is 0.100. The standard InChI is InChI=1S/C10H8ClN3O3S/c11-8-3-6(14(15)16)1-2-9(8)17-5-7-4-13-10(12)18-7/h1-4H,5H2,(H2,12,13). The molecule has 8 heteroatoms. The van der Waals surface area contributed by atoms with Crippen LogP contribution in [0, 0.1) is 10.1 Å².